The summed E-state index contributed by atoms with van der Waals surface area (Å²) in [6.45, 7) is 2.35. The second-order valence-corrected chi connectivity index (χ2v) is 10.4. The molecule has 1 aromatic heterocycles. The smallest absolute Gasteiger partial charge is 0.362 e. The maximum atomic E-state index is 12.8. The molecule has 5 N–H and O–H groups in total. The minimum absolute atomic E-state index is 0.0597. The van der Waals surface area contributed by atoms with Crippen LogP contribution in [0, 0.1) is 0 Å². The van der Waals surface area contributed by atoms with Crippen LogP contribution in [0.1, 0.15) is 19.5 Å². The number of amides is 2. The van der Waals surface area contributed by atoms with Gasteiger partial charge in [0.05, 0.1) is 6.04 Å². The van der Waals surface area contributed by atoms with Crippen molar-refractivity contribution in [3.63, 3.8) is 0 Å². The molecule has 0 aromatic carbocycles. The van der Waals surface area contributed by atoms with E-state index in [1.54, 1.807) is 0 Å². The largest absolute Gasteiger partial charge is 0.478 e. The van der Waals surface area contributed by atoms with E-state index in [0.29, 0.717) is 0 Å². The highest BCUT2D eigenvalue weighted by atomic mass is 32.2. The van der Waals surface area contributed by atoms with Crippen molar-refractivity contribution in [1.29, 1.82) is 0 Å². The number of oxime groups is 1. The zero-order valence-corrected chi connectivity index (χ0v) is 18.8. The molecule has 0 spiro atoms. The van der Waals surface area contributed by atoms with E-state index in [0.717, 1.165) is 11.3 Å². The molecule has 1 saturated heterocycles. The van der Waals surface area contributed by atoms with Crippen molar-refractivity contribution in [2.75, 3.05) is 17.7 Å². The molecule has 172 valence electrons. The SMILES string of the molecule is CS(=O)CC1C(NC(=O)/C(=N\OC(C)(C)C(=O)O)c2csc(N)n2)C(=O)N1S(=O)(=O)O. The number of hydrogen-bond acceptors (Lipinski definition) is 11. The fourth-order valence-electron chi connectivity index (χ4n) is 2.37. The van der Waals surface area contributed by atoms with Gasteiger partial charge in [-0.25, -0.2) is 14.1 Å². The molecule has 3 unspecified atom stereocenters. The number of nitrogens with one attached hydrogen (secondary N) is 1. The Morgan fingerprint density at radius 3 is 2.55 bits per heavy atom. The van der Waals surface area contributed by atoms with Crippen LogP contribution in [0.2, 0.25) is 0 Å². The molecule has 14 nitrogen and oxygen atoms in total. The Hall–Kier alpha value is -2.63. The van der Waals surface area contributed by atoms with Gasteiger partial charge in [0.15, 0.2) is 10.8 Å². The Kier molecular flexibility index (Phi) is 7.03. The highest BCUT2D eigenvalue weighted by Gasteiger charge is 2.54. The summed E-state index contributed by atoms with van der Waals surface area (Å²) < 4.78 is 43.7. The van der Waals surface area contributed by atoms with Gasteiger partial charge in [-0.15, -0.1) is 11.3 Å². The van der Waals surface area contributed by atoms with E-state index in [1.165, 1.54) is 25.5 Å². The van der Waals surface area contributed by atoms with Crippen LogP contribution in [0.15, 0.2) is 10.5 Å². The first-order chi connectivity index (χ1) is 14.1. The van der Waals surface area contributed by atoms with Crippen LogP contribution in [0.3, 0.4) is 0 Å². The van der Waals surface area contributed by atoms with Crippen LogP contribution < -0.4 is 11.1 Å². The first kappa shape index (κ1) is 24.6. The van der Waals surface area contributed by atoms with Gasteiger partial charge < -0.3 is 21.0 Å². The molecule has 2 heterocycles. The molecule has 17 heteroatoms. The number of anilines is 1. The van der Waals surface area contributed by atoms with Crippen LogP contribution >= 0.6 is 11.3 Å². The minimum atomic E-state index is -4.94. The van der Waals surface area contributed by atoms with Crippen LogP contribution in [0.5, 0.6) is 0 Å². The summed E-state index contributed by atoms with van der Waals surface area (Å²) in [7, 11) is -6.52. The lowest BCUT2D eigenvalue weighted by Crippen LogP contribution is -2.73. The number of thiazole rings is 1. The van der Waals surface area contributed by atoms with Gasteiger partial charge in [0.2, 0.25) is 5.60 Å². The number of hydrogen-bond donors (Lipinski definition) is 4. The number of aliphatic carboxylic acids is 1. The lowest BCUT2D eigenvalue weighted by atomic mass is 10.0. The molecule has 1 aromatic rings. The molecule has 31 heavy (non-hydrogen) atoms. The first-order valence-corrected chi connectivity index (χ1v) is 12.3. The molecular formula is C14H19N5O9S3. The summed E-state index contributed by atoms with van der Waals surface area (Å²) in [5.41, 5.74) is 3.11. The fraction of sp³-hybridized carbons (Fsp3) is 0.500. The van der Waals surface area contributed by atoms with Crippen molar-refractivity contribution in [2.45, 2.75) is 31.5 Å². The number of carboxylic acid groups (broad SMARTS) is 1. The normalized spacial score (nSPS) is 20.7. The molecule has 0 bridgehead atoms. The molecule has 1 aliphatic rings. The predicted octanol–water partition coefficient (Wildman–Crippen LogP) is -1.81. The number of carbonyl (C=O) groups excluding carboxylic acids is 2. The zero-order chi connectivity index (χ0) is 23.7. The molecule has 0 saturated carbocycles. The Morgan fingerprint density at radius 2 is 2.10 bits per heavy atom. The van der Waals surface area contributed by atoms with Crippen LogP contribution in [0.4, 0.5) is 5.13 Å². The molecule has 1 aliphatic heterocycles. The molecule has 1 fully saturated rings. The second-order valence-electron chi connectivity index (χ2n) is 6.79. The van der Waals surface area contributed by atoms with Gasteiger partial charge in [-0.3, -0.25) is 18.4 Å². The Bertz CT molecular complexity index is 1070. The number of nitrogen functional groups attached to an aromatic ring is 1. The van der Waals surface area contributed by atoms with E-state index in [4.69, 9.17) is 15.7 Å². The number of carboxylic acids is 1. The van der Waals surface area contributed by atoms with Crippen LogP contribution in [-0.2, 0) is 40.3 Å². The Balaban J connectivity index is 2.33. The number of nitrogens with two attached hydrogens (primary N) is 1. The van der Waals surface area contributed by atoms with Crippen molar-refractivity contribution in [1.82, 2.24) is 14.6 Å². The highest BCUT2D eigenvalue weighted by Crippen LogP contribution is 2.25. The maximum Gasteiger partial charge on any atom is 0.362 e. The quantitative estimate of drug-likeness (QED) is 0.129. The van der Waals surface area contributed by atoms with Crippen molar-refractivity contribution in [2.24, 2.45) is 5.16 Å². The zero-order valence-electron chi connectivity index (χ0n) is 16.3. The Morgan fingerprint density at radius 1 is 1.48 bits per heavy atom. The van der Waals surface area contributed by atoms with Gasteiger partial charge in [0.1, 0.15) is 11.7 Å². The van der Waals surface area contributed by atoms with Gasteiger partial charge in [0, 0.05) is 28.2 Å². The lowest BCUT2D eigenvalue weighted by Gasteiger charge is -2.43. The van der Waals surface area contributed by atoms with E-state index in [-0.39, 0.29) is 20.9 Å². The third-order valence-corrected chi connectivity index (χ3v) is 6.40. The van der Waals surface area contributed by atoms with Crippen molar-refractivity contribution >= 4 is 61.1 Å². The van der Waals surface area contributed by atoms with E-state index in [9.17, 15) is 31.6 Å². The second kappa shape index (κ2) is 8.85. The number of nitrogens with zero attached hydrogens (tertiary/aromatic N) is 3. The third kappa shape index (κ3) is 5.54. The van der Waals surface area contributed by atoms with E-state index in [2.05, 4.69) is 15.5 Å². The molecular weight excluding hydrogens is 478 g/mol. The van der Waals surface area contributed by atoms with Crippen molar-refractivity contribution < 1.29 is 41.5 Å². The van der Waals surface area contributed by atoms with Gasteiger partial charge in [-0.05, 0) is 13.8 Å². The van der Waals surface area contributed by atoms with Gasteiger partial charge in [-0.1, -0.05) is 5.16 Å². The standard InChI is InChI=1S/C14H19N5O9S3/c1-14(2,12(22)23)28-18-8(6-4-29-13(15)16-6)10(20)17-9-7(5-30(3)24)19(11(9)21)31(25,26)27/h4,7,9H,5H2,1-3H3,(H2,15,16)(H,17,20)(H,22,23)(H,25,26,27)/b18-8-. The monoisotopic (exact) mass is 497 g/mol. The maximum absolute atomic E-state index is 12.8. The average Bonchev–Trinajstić information content (AvgIpc) is 3.03. The number of carbonyl (C=O) groups is 3. The van der Waals surface area contributed by atoms with Crippen molar-refractivity contribution in [3.05, 3.63) is 11.1 Å². The molecule has 3 atom stereocenters. The highest BCUT2D eigenvalue weighted by molar-refractivity contribution is 7.85. The fourth-order valence-corrected chi connectivity index (χ4v) is 4.72. The molecule has 2 amide bonds. The molecule has 0 aliphatic carbocycles. The van der Waals surface area contributed by atoms with E-state index >= 15 is 0 Å². The van der Waals surface area contributed by atoms with Crippen LogP contribution in [-0.4, -0.2) is 84.8 Å². The number of rotatable bonds is 9. The minimum Gasteiger partial charge on any atom is -0.478 e. The lowest BCUT2D eigenvalue weighted by molar-refractivity contribution is -0.161. The van der Waals surface area contributed by atoms with Crippen molar-refractivity contribution in [3.8, 4) is 0 Å². The van der Waals surface area contributed by atoms with Gasteiger partial charge in [-0.2, -0.15) is 8.42 Å². The number of β-lactam (4-membered cyclic amide) rings is 1. The molecule has 0 radical (unpaired) electrons. The number of aromatic nitrogens is 1. The summed E-state index contributed by atoms with van der Waals surface area (Å²) in [5, 5.41) is 16.3. The molecule has 2 rings (SSSR count). The van der Waals surface area contributed by atoms with E-state index < -0.39 is 62.3 Å². The average molecular weight is 498 g/mol. The first-order valence-electron chi connectivity index (χ1n) is 8.27. The summed E-state index contributed by atoms with van der Waals surface area (Å²) >= 11 is 0.948. The van der Waals surface area contributed by atoms with Gasteiger partial charge >= 0.3 is 16.3 Å². The van der Waals surface area contributed by atoms with Gasteiger partial charge in [0.25, 0.3) is 11.8 Å². The summed E-state index contributed by atoms with van der Waals surface area (Å²) in [6, 6.07) is -2.76. The van der Waals surface area contributed by atoms with E-state index in [1.807, 2.05) is 0 Å². The third-order valence-electron chi connectivity index (χ3n) is 3.97. The Labute approximate surface area is 182 Å². The van der Waals surface area contributed by atoms with Crippen LogP contribution in [0.25, 0.3) is 0 Å². The summed E-state index contributed by atoms with van der Waals surface area (Å²) in [6.07, 6.45) is 1.25. The predicted molar refractivity (Wildman–Crippen MR) is 109 cm³/mol. The summed E-state index contributed by atoms with van der Waals surface area (Å²) in [5.74, 6) is -3.95. The topological polar surface area (TPSA) is 219 Å². The summed E-state index contributed by atoms with van der Waals surface area (Å²) in [4.78, 5) is 45.0.